The highest BCUT2D eigenvalue weighted by molar-refractivity contribution is 5.73. The Morgan fingerprint density at radius 2 is 1.85 bits per heavy atom. The molecule has 0 N–H and O–H groups in total. The van der Waals surface area contributed by atoms with Gasteiger partial charge in [0, 0.05) is 11.8 Å². The fraction of sp³-hybridized carbons (Fsp3) is 0.353. The zero-order valence-corrected chi connectivity index (χ0v) is 11.7. The third-order valence-electron chi connectivity index (χ3n) is 3.94. The van der Waals surface area contributed by atoms with E-state index in [2.05, 4.69) is 19.1 Å². The Kier molecular flexibility index (Phi) is 3.59. The standard InChI is InChI=1S/C17H19NO2/c1-13-8-10-14(11-9-13)16-7-4-12-18(16)20-17(19)15-5-2-3-6-15/h4,7-12,15H,2-3,5-6H2,1H3. The first-order valence-corrected chi connectivity index (χ1v) is 7.20. The molecule has 0 saturated heterocycles. The Labute approximate surface area is 119 Å². The lowest BCUT2D eigenvalue weighted by molar-refractivity contribution is -0.148. The molecular formula is C17H19NO2. The van der Waals surface area contributed by atoms with Crippen LogP contribution >= 0.6 is 0 Å². The van der Waals surface area contributed by atoms with E-state index in [9.17, 15) is 4.79 Å². The number of aryl methyl sites for hydroxylation is 1. The molecule has 0 bridgehead atoms. The summed E-state index contributed by atoms with van der Waals surface area (Å²) in [7, 11) is 0. The summed E-state index contributed by atoms with van der Waals surface area (Å²) in [5, 5.41) is 0. The van der Waals surface area contributed by atoms with E-state index >= 15 is 0 Å². The highest BCUT2D eigenvalue weighted by atomic mass is 16.7. The summed E-state index contributed by atoms with van der Waals surface area (Å²) >= 11 is 0. The molecule has 0 spiro atoms. The van der Waals surface area contributed by atoms with Gasteiger partial charge in [-0.1, -0.05) is 42.7 Å². The number of rotatable bonds is 3. The molecule has 1 aromatic heterocycles. The first-order chi connectivity index (χ1) is 9.74. The van der Waals surface area contributed by atoms with Gasteiger partial charge in [0.15, 0.2) is 0 Å². The van der Waals surface area contributed by atoms with E-state index < -0.39 is 0 Å². The van der Waals surface area contributed by atoms with Gasteiger partial charge in [-0.25, -0.2) is 4.79 Å². The smallest absolute Gasteiger partial charge is 0.335 e. The van der Waals surface area contributed by atoms with Crippen molar-refractivity contribution in [2.24, 2.45) is 5.92 Å². The third-order valence-corrected chi connectivity index (χ3v) is 3.94. The van der Waals surface area contributed by atoms with E-state index in [-0.39, 0.29) is 11.9 Å². The van der Waals surface area contributed by atoms with Crippen molar-refractivity contribution >= 4 is 5.97 Å². The van der Waals surface area contributed by atoms with Crippen molar-refractivity contribution in [3.05, 3.63) is 48.2 Å². The van der Waals surface area contributed by atoms with Gasteiger partial charge in [-0.3, -0.25) is 0 Å². The number of carbonyl (C=O) groups excluding carboxylic acids is 1. The third kappa shape index (κ3) is 2.62. The molecule has 0 aliphatic heterocycles. The average molecular weight is 269 g/mol. The maximum atomic E-state index is 12.1. The molecule has 1 aromatic carbocycles. The zero-order valence-electron chi connectivity index (χ0n) is 11.7. The second kappa shape index (κ2) is 5.53. The van der Waals surface area contributed by atoms with E-state index in [4.69, 9.17) is 4.84 Å². The summed E-state index contributed by atoms with van der Waals surface area (Å²) in [4.78, 5) is 17.6. The summed E-state index contributed by atoms with van der Waals surface area (Å²) in [5.74, 6) is -0.0321. The molecule has 3 rings (SSSR count). The van der Waals surface area contributed by atoms with Crippen LogP contribution < -0.4 is 4.84 Å². The number of hydrogen-bond acceptors (Lipinski definition) is 2. The summed E-state index contributed by atoms with van der Waals surface area (Å²) in [6, 6.07) is 12.1. The fourth-order valence-corrected chi connectivity index (χ4v) is 2.73. The minimum atomic E-state index is -0.105. The number of benzene rings is 1. The zero-order chi connectivity index (χ0) is 13.9. The quantitative estimate of drug-likeness (QED) is 0.852. The van der Waals surface area contributed by atoms with E-state index in [1.807, 2.05) is 24.3 Å². The van der Waals surface area contributed by atoms with E-state index in [1.165, 1.54) is 5.56 Å². The Balaban J connectivity index is 1.79. The molecule has 0 atom stereocenters. The Morgan fingerprint density at radius 3 is 2.55 bits per heavy atom. The van der Waals surface area contributed by atoms with Crippen molar-refractivity contribution < 1.29 is 9.63 Å². The van der Waals surface area contributed by atoms with Gasteiger partial charge in [0.1, 0.15) is 0 Å². The largest absolute Gasteiger partial charge is 0.336 e. The van der Waals surface area contributed by atoms with Gasteiger partial charge in [-0.15, -0.1) is 0 Å². The van der Waals surface area contributed by atoms with Crippen molar-refractivity contribution in [1.82, 2.24) is 4.73 Å². The van der Waals surface area contributed by atoms with Crippen LogP contribution in [0.5, 0.6) is 0 Å². The highest BCUT2D eigenvalue weighted by Gasteiger charge is 2.25. The van der Waals surface area contributed by atoms with Crippen LogP contribution in [0.15, 0.2) is 42.6 Å². The molecule has 1 heterocycles. The Bertz CT molecular complexity index is 592. The molecule has 0 amide bonds. The van der Waals surface area contributed by atoms with E-state index in [1.54, 1.807) is 10.9 Å². The first kappa shape index (κ1) is 13.0. The van der Waals surface area contributed by atoms with Crippen LogP contribution in [0.2, 0.25) is 0 Å². The van der Waals surface area contributed by atoms with Gasteiger partial charge >= 0.3 is 5.97 Å². The van der Waals surface area contributed by atoms with E-state index in [0.29, 0.717) is 0 Å². The minimum Gasteiger partial charge on any atom is -0.336 e. The second-order valence-electron chi connectivity index (χ2n) is 5.48. The van der Waals surface area contributed by atoms with Crippen LogP contribution in [-0.4, -0.2) is 10.7 Å². The second-order valence-corrected chi connectivity index (χ2v) is 5.48. The van der Waals surface area contributed by atoms with Crippen LogP contribution in [0.3, 0.4) is 0 Å². The molecule has 0 radical (unpaired) electrons. The molecule has 20 heavy (non-hydrogen) atoms. The molecule has 1 saturated carbocycles. The van der Waals surface area contributed by atoms with Gasteiger partial charge in [0.25, 0.3) is 0 Å². The Hall–Kier alpha value is -2.03. The topological polar surface area (TPSA) is 31.2 Å². The van der Waals surface area contributed by atoms with Crippen LogP contribution in [0.25, 0.3) is 11.3 Å². The summed E-state index contributed by atoms with van der Waals surface area (Å²) < 4.78 is 1.59. The predicted molar refractivity (Wildman–Crippen MR) is 78.2 cm³/mol. The van der Waals surface area contributed by atoms with Crippen molar-refractivity contribution in [3.63, 3.8) is 0 Å². The van der Waals surface area contributed by atoms with Crippen LogP contribution in [-0.2, 0) is 4.79 Å². The lowest BCUT2D eigenvalue weighted by Crippen LogP contribution is -2.25. The first-order valence-electron chi connectivity index (χ1n) is 7.20. The normalized spacial score (nSPS) is 15.4. The van der Waals surface area contributed by atoms with Crippen molar-refractivity contribution in [3.8, 4) is 11.3 Å². The summed E-state index contributed by atoms with van der Waals surface area (Å²) in [6.45, 7) is 2.06. The molecule has 3 heteroatoms. The number of nitrogens with zero attached hydrogens (tertiary/aromatic N) is 1. The number of aromatic nitrogens is 1. The maximum Gasteiger partial charge on any atom is 0.335 e. The van der Waals surface area contributed by atoms with Crippen LogP contribution in [0.4, 0.5) is 0 Å². The molecule has 0 unspecified atom stereocenters. The van der Waals surface area contributed by atoms with Gasteiger partial charge in [0.05, 0.1) is 11.6 Å². The molecule has 3 nitrogen and oxygen atoms in total. The van der Waals surface area contributed by atoms with Crippen molar-refractivity contribution in [2.45, 2.75) is 32.6 Å². The van der Waals surface area contributed by atoms with Gasteiger partial charge in [0.2, 0.25) is 0 Å². The monoisotopic (exact) mass is 269 g/mol. The van der Waals surface area contributed by atoms with Gasteiger partial charge in [-0.2, -0.15) is 4.73 Å². The predicted octanol–water partition coefficient (Wildman–Crippen LogP) is 3.61. The number of hydrogen-bond donors (Lipinski definition) is 0. The molecular weight excluding hydrogens is 250 g/mol. The van der Waals surface area contributed by atoms with Crippen molar-refractivity contribution in [1.29, 1.82) is 0 Å². The lowest BCUT2D eigenvalue weighted by Gasteiger charge is -2.12. The minimum absolute atomic E-state index is 0.0725. The molecule has 1 aliphatic carbocycles. The lowest BCUT2D eigenvalue weighted by atomic mass is 10.1. The average Bonchev–Trinajstić information content (AvgIpc) is 3.10. The maximum absolute atomic E-state index is 12.1. The van der Waals surface area contributed by atoms with Gasteiger partial charge in [-0.05, 0) is 31.9 Å². The SMILES string of the molecule is Cc1ccc(-c2cccn2OC(=O)C2CCCC2)cc1. The Morgan fingerprint density at radius 1 is 1.15 bits per heavy atom. The summed E-state index contributed by atoms with van der Waals surface area (Å²) in [6.07, 6.45) is 5.98. The van der Waals surface area contributed by atoms with E-state index in [0.717, 1.165) is 36.9 Å². The number of carbonyl (C=O) groups is 1. The van der Waals surface area contributed by atoms with Gasteiger partial charge < -0.3 is 4.84 Å². The molecule has 1 fully saturated rings. The molecule has 1 aliphatic rings. The summed E-state index contributed by atoms with van der Waals surface area (Å²) in [5.41, 5.74) is 3.19. The molecule has 104 valence electrons. The molecule has 2 aromatic rings. The van der Waals surface area contributed by atoms with Crippen LogP contribution in [0, 0.1) is 12.8 Å². The fourth-order valence-electron chi connectivity index (χ4n) is 2.73. The van der Waals surface area contributed by atoms with Crippen LogP contribution in [0.1, 0.15) is 31.2 Å². The highest BCUT2D eigenvalue weighted by Crippen LogP contribution is 2.26. The van der Waals surface area contributed by atoms with Crippen molar-refractivity contribution in [2.75, 3.05) is 0 Å².